The number of fused-ring (bicyclic) bond motifs is 2. The summed E-state index contributed by atoms with van der Waals surface area (Å²) in [4.78, 5) is 28.4. The van der Waals surface area contributed by atoms with Crippen molar-refractivity contribution in [3.63, 3.8) is 0 Å². The summed E-state index contributed by atoms with van der Waals surface area (Å²) in [6, 6.07) is 7.14. The van der Waals surface area contributed by atoms with Gasteiger partial charge in [-0.25, -0.2) is 4.79 Å². The van der Waals surface area contributed by atoms with Crippen LogP contribution in [0.15, 0.2) is 42.5 Å². The minimum Gasteiger partial charge on any atom is -0.487 e. The van der Waals surface area contributed by atoms with Gasteiger partial charge in [0.15, 0.2) is 0 Å². The maximum absolute atomic E-state index is 13.2. The quantitative estimate of drug-likeness (QED) is 0.518. The number of ether oxygens (including phenoxy) is 1. The molecule has 0 bridgehead atoms. The van der Waals surface area contributed by atoms with E-state index < -0.39 is 35.3 Å². The van der Waals surface area contributed by atoms with Gasteiger partial charge >= 0.3 is 12.2 Å². The van der Waals surface area contributed by atoms with Gasteiger partial charge < -0.3 is 25.2 Å². The Morgan fingerprint density at radius 3 is 2.54 bits per heavy atom. The Morgan fingerprint density at radius 1 is 1.19 bits per heavy atom. The molecule has 0 atom stereocenters. The van der Waals surface area contributed by atoms with Crippen molar-refractivity contribution >= 4 is 28.9 Å². The van der Waals surface area contributed by atoms with Crippen LogP contribution in [0.2, 0.25) is 0 Å². The van der Waals surface area contributed by atoms with Crippen LogP contribution in [-0.4, -0.2) is 59.0 Å². The normalized spacial score (nSPS) is 18.0. The van der Waals surface area contributed by atoms with Crippen LogP contribution in [0.3, 0.4) is 0 Å². The molecule has 0 unspecified atom stereocenters. The van der Waals surface area contributed by atoms with Crippen molar-refractivity contribution in [3.05, 3.63) is 59.2 Å². The number of aliphatic hydroxyl groups is 2. The van der Waals surface area contributed by atoms with E-state index in [-0.39, 0.29) is 25.5 Å². The van der Waals surface area contributed by atoms with Crippen molar-refractivity contribution in [1.82, 2.24) is 4.90 Å². The number of nitrogens with zero attached hydrogens (tertiary/aromatic N) is 2. The third kappa shape index (κ3) is 5.42. The number of hydrogen-bond donors (Lipinski definition) is 3. The number of amides is 3. The number of carbonyl (C=O) groups excluding carboxylic acids is 2. The second-order valence-corrected chi connectivity index (χ2v) is 9.74. The molecule has 3 N–H and O–H groups in total. The average molecular weight is 520 g/mol. The predicted octanol–water partition coefficient (Wildman–Crippen LogP) is 4.01. The molecule has 0 radical (unpaired) electrons. The third-order valence-corrected chi connectivity index (χ3v) is 6.41. The molecule has 2 aliphatic rings. The van der Waals surface area contributed by atoms with E-state index in [1.165, 1.54) is 21.9 Å². The number of aliphatic hydroxyl groups excluding tert-OH is 2. The van der Waals surface area contributed by atoms with E-state index in [0.717, 1.165) is 17.7 Å². The fraction of sp³-hybridized carbons (Fsp3) is 0.385. The number of hydrogen-bond acceptors (Lipinski definition) is 5. The molecular weight excluding hydrogens is 491 g/mol. The molecule has 37 heavy (non-hydrogen) atoms. The first-order valence-corrected chi connectivity index (χ1v) is 11.6. The molecule has 3 amide bonds. The Labute approximate surface area is 211 Å². The van der Waals surface area contributed by atoms with E-state index in [1.54, 1.807) is 39.1 Å². The molecule has 8 nitrogen and oxygen atoms in total. The number of nitrogens with one attached hydrogen (secondary N) is 1. The monoisotopic (exact) mass is 519 g/mol. The lowest BCUT2D eigenvalue weighted by Crippen LogP contribution is -2.52. The van der Waals surface area contributed by atoms with Gasteiger partial charge in [-0.3, -0.25) is 9.69 Å². The topological polar surface area (TPSA) is 102 Å². The minimum absolute atomic E-state index is 0.0626. The second kappa shape index (κ2) is 9.71. The van der Waals surface area contributed by atoms with Gasteiger partial charge in [0.2, 0.25) is 5.91 Å². The fourth-order valence-corrected chi connectivity index (χ4v) is 4.58. The first-order valence-electron chi connectivity index (χ1n) is 11.6. The third-order valence-electron chi connectivity index (χ3n) is 6.41. The zero-order chi connectivity index (χ0) is 27.1. The molecule has 0 saturated carbocycles. The summed E-state index contributed by atoms with van der Waals surface area (Å²) in [6.45, 7) is 2.90. The lowest BCUT2D eigenvalue weighted by molar-refractivity contribution is -0.137. The van der Waals surface area contributed by atoms with Crippen molar-refractivity contribution in [3.8, 4) is 5.75 Å². The Bertz CT molecular complexity index is 1250. The van der Waals surface area contributed by atoms with Gasteiger partial charge in [-0.05, 0) is 49.2 Å². The van der Waals surface area contributed by atoms with Gasteiger partial charge in [-0.15, -0.1) is 0 Å². The Hall–Kier alpha value is -3.57. The lowest BCUT2D eigenvalue weighted by atomic mass is 9.88. The van der Waals surface area contributed by atoms with Crippen LogP contribution in [-0.2, 0) is 17.5 Å². The number of halogens is 3. The van der Waals surface area contributed by atoms with Gasteiger partial charge in [-0.1, -0.05) is 12.1 Å². The van der Waals surface area contributed by atoms with Crippen molar-refractivity contribution in [1.29, 1.82) is 0 Å². The predicted molar refractivity (Wildman–Crippen MR) is 131 cm³/mol. The lowest BCUT2D eigenvalue weighted by Gasteiger charge is -2.38. The largest absolute Gasteiger partial charge is 0.487 e. The standard InChI is InChI=1S/C26H28F3N3O5/c1-25(2)11-16(20-7-5-17(26(27,28)29)9-22(20)37-25)8-23(35)30-18-6-4-15-12-32(19(13-33)14-34)24(36)31(3)21(15)10-18/h4-10,19,33-34H,11-14H2,1-3H3,(H,30,35)/b16-8+. The summed E-state index contributed by atoms with van der Waals surface area (Å²) >= 11 is 0. The summed E-state index contributed by atoms with van der Waals surface area (Å²) in [5, 5.41) is 21.7. The summed E-state index contributed by atoms with van der Waals surface area (Å²) in [7, 11) is 1.56. The van der Waals surface area contributed by atoms with Gasteiger partial charge in [-0.2, -0.15) is 13.2 Å². The van der Waals surface area contributed by atoms with Crippen LogP contribution < -0.4 is 15.0 Å². The summed E-state index contributed by atoms with van der Waals surface area (Å²) in [5.41, 5.74) is 1.07. The highest BCUT2D eigenvalue weighted by atomic mass is 19.4. The van der Waals surface area contributed by atoms with E-state index in [9.17, 15) is 33.0 Å². The zero-order valence-corrected chi connectivity index (χ0v) is 20.6. The van der Waals surface area contributed by atoms with E-state index >= 15 is 0 Å². The van der Waals surface area contributed by atoms with Gasteiger partial charge in [0.25, 0.3) is 0 Å². The summed E-state index contributed by atoms with van der Waals surface area (Å²) in [5.74, 6) is -0.418. The highest BCUT2D eigenvalue weighted by Gasteiger charge is 2.36. The number of benzene rings is 2. The van der Waals surface area contributed by atoms with Crippen molar-refractivity contribution in [2.45, 2.75) is 44.6 Å². The molecule has 2 aliphatic heterocycles. The number of anilines is 2. The molecule has 11 heteroatoms. The molecule has 0 fully saturated rings. The van der Waals surface area contributed by atoms with Crippen molar-refractivity contribution < 1.29 is 37.7 Å². The smallest absolute Gasteiger partial charge is 0.416 e. The maximum Gasteiger partial charge on any atom is 0.416 e. The number of alkyl halides is 3. The Morgan fingerprint density at radius 2 is 1.89 bits per heavy atom. The first-order chi connectivity index (χ1) is 17.3. The Kier molecular flexibility index (Phi) is 6.95. The molecule has 0 saturated heterocycles. The molecule has 198 valence electrons. The first kappa shape index (κ1) is 26.5. The minimum atomic E-state index is -4.52. The van der Waals surface area contributed by atoms with Crippen molar-refractivity contribution in [2.75, 3.05) is 30.5 Å². The fourth-order valence-electron chi connectivity index (χ4n) is 4.58. The molecule has 0 aromatic heterocycles. The molecule has 2 aromatic rings. The molecule has 2 heterocycles. The summed E-state index contributed by atoms with van der Waals surface area (Å²) in [6.07, 6.45) is -2.86. The van der Waals surface area contributed by atoms with Crippen LogP contribution in [0, 0.1) is 0 Å². The number of urea groups is 1. The van der Waals surface area contributed by atoms with Crippen LogP contribution in [0.5, 0.6) is 5.75 Å². The average Bonchev–Trinajstić information content (AvgIpc) is 2.81. The van der Waals surface area contributed by atoms with Crippen LogP contribution in [0.25, 0.3) is 5.57 Å². The van der Waals surface area contributed by atoms with E-state index in [0.29, 0.717) is 28.9 Å². The van der Waals surface area contributed by atoms with Crippen LogP contribution >= 0.6 is 0 Å². The summed E-state index contributed by atoms with van der Waals surface area (Å²) < 4.78 is 45.3. The number of rotatable bonds is 5. The van der Waals surface area contributed by atoms with Gasteiger partial charge in [0, 0.05) is 37.3 Å². The molecule has 0 spiro atoms. The van der Waals surface area contributed by atoms with E-state index in [1.807, 2.05) is 0 Å². The number of carbonyl (C=O) groups is 2. The second-order valence-electron chi connectivity index (χ2n) is 9.74. The van der Waals surface area contributed by atoms with Gasteiger partial charge in [0.05, 0.1) is 30.5 Å². The van der Waals surface area contributed by atoms with Crippen LogP contribution in [0.1, 0.15) is 37.0 Å². The van der Waals surface area contributed by atoms with E-state index in [2.05, 4.69) is 5.32 Å². The van der Waals surface area contributed by atoms with Gasteiger partial charge in [0.1, 0.15) is 11.4 Å². The highest BCUT2D eigenvalue weighted by Crippen LogP contribution is 2.43. The Balaban J connectivity index is 1.58. The molecule has 0 aliphatic carbocycles. The zero-order valence-electron chi connectivity index (χ0n) is 20.6. The maximum atomic E-state index is 13.2. The van der Waals surface area contributed by atoms with Crippen LogP contribution in [0.4, 0.5) is 29.3 Å². The molecular formula is C26H28F3N3O5. The van der Waals surface area contributed by atoms with E-state index in [4.69, 9.17) is 4.74 Å². The SMILES string of the molecule is CN1C(=O)N(C(CO)CO)Cc2ccc(NC(=O)/C=C3\CC(C)(C)Oc4cc(C(F)(F)F)ccc43)cc21. The molecule has 4 rings (SSSR count). The molecule has 2 aromatic carbocycles. The highest BCUT2D eigenvalue weighted by molar-refractivity contribution is 6.05. The van der Waals surface area contributed by atoms with Crippen molar-refractivity contribution in [2.24, 2.45) is 0 Å².